The van der Waals surface area contributed by atoms with Crippen LogP contribution < -0.4 is 0 Å². The third-order valence-electron chi connectivity index (χ3n) is 2.23. The molecule has 0 atom stereocenters. The van der Waals surface area contributed by atoms with Crippen molar-refractivity contribution in [3.63, 3.8) is 0 Å². The third kappa shape index (κ3) is 2.92. The summed E-state index contributed by atoms with van der Waals surface area (Å²) in [5, 5.41) is 8.24. The van der Waals surface area contributed by atoms with Crippen molar-refractivity contribution >= 4 is 33.3 Å². The van der Waals surface area contributed by atoms with Gasteiger partial charge in [-0.05, 0) is 34.1 Å². The molecule has 0 unspecified atom stereocenters. The molecule has 0 aliphatic carbocycles. The molecule has 2 aromatic rings. The Labute approximate surface area is 112 Å². The Bertz CT molecular complexity index is 568. The maximum Gasteiger partial charge on any atom is 0.168 e. The van der Waals surface area contributed by atoms with Gasteiger partial charge in [0.25, 0.3) is 0 Å². The molecule has 2 rings (SSSR count). The normalized spacial score (nSPS) is 10.5. The van der Waals surface area contributed by atoms with E-state index >= 15 is 0 Å². The van der Waals surface area contributed by atoms with Gasteiger partial charge in [-0.3, -0.25) is 9.48 Å². The van der Waals surface area contributed by atoms with Crippen molar-refractivity contribution in [3.8, 4) is 0 Å². The van der Waals surface area contributed by atoms with E-state index in [0.29, 0.717) is 20.8 Å². The summed E-state index contributed by atoms with van der Waals surface area (Å²) in [4.78, 5) is 11.9. The predicted molar refractivity (Wildman–Crippen MR) is 68.2 cm³/mol. The van der Waals surface area contributed by atoms with Crippen LogP contribution in [0.4, 0.5) is 0 Å². The number of benzene rings is 1. The quantitative estimate of drug-likeness (QED) is 0.818. The highest BCUT2D eigenvalue weighted by molar-refractivity contribution is 9.10. The van der Waals surface area contributed by atoms with E-state index in [9.17, 15) is 4.79 Å². The van der Waals surface area contributed by atoms with E-state index in [4.69, 9.17) is 11.6 Å². The second kappa shape index (κ2) is 4.98. The van der Waals surface area contributed by atoms with Crippen molar-refractivity contribution in [2.45, 2.75) is 6.42 Å². The van der Waals surface area contributed by atoms with Gasteiger partial charge in [-0.2, -0.15) is 0 Å². The Morgan fingerprint density at radius 3 is 2.88 bits per heavy atom. The summed E-state index contributed by atoms with van der Waals surface area (Å²) in [7, 11) is 1.76. The zero-order valence-electron chi connectivity index (χ0n) is 9.02. The molecule has 17 heavy (non-hydrogen) atoms. The van der Waals surface area contributed by atoms with E-state index in [2.05, 4.69) is 26.2 Å². The van der Waals surface area contributed by atoms with Crippen LogP contribution in [0.5, 0.6) is 0 Å². The molecule has 0 saturated carbocycles. The predicted octanol–water partition coefficient (Wildman–Crippen LogP) is 2.66. The van der Waals surface area contributed by atoms with E-state index in [0.717, 1.165) is 0 Å². The molecule has 0 bridgehead atoms. The van der Waals surface area contributed by atoms with Gasteiger partial charge in [-0.1, -0.05) is 16.8 Å². The van der Waals surface area contributed by atoms with Crippen molar-refractivity contribution < 1.29 is 4.79 Å². The molecule has 0 aliphatic heterocycles. The molecule has 1 aromatic heterocycles. The number of rotatable bonds is 3. The zero-order valence-corrected chi connectivity index (χ0v) is 11.4. The van der Waals surface area contributed by atoms with Crippen molar-refractivity contribution in [2.75, 3.05) is 0 Å². The molecule has 0 fully saturated rings. The van der Waals surface area contributed by atoms with Gasteiger partial charge in [0.1, 0.15) is 0 Å². The fraction of sp³-hybridized carbons (Fsp3) is 0.182. The Hall–Kier alpha value is -1.20. The van der Waals surface area contributed by atoms with E-state index in [1.165, 1.54) is 0 Å². The maximum absolute atomic E-state index is 11.9. The number of carbonyl (C=O) groups excluding carboxylic acids is 1. The zero-order chi connectivity index (χ0) is 12.4. The first-order valence-electron chi connectivity index (χ1n) is 4.89. The highest BCUT2D eigenvalue weighted by Gasteiger charge is 2.10. The van der Waals surface area contributed by atoms with Gasteiger partial charge in [-0.25, -0.2) is 0 Å². The van der Waals surface area contributed by atoms with Crippen LogP contribution in [-0.2, 0) is 13.5 Å². The van der Waals surface area contributed by atoms with Gasteiger partial charge < -0.3 is 0 Å². The summed E-state index contributed by atoms with van der Waals surface area (Å²) in [6.07, 6.45) is 1.96. The number of ketones is 1. The van der Waals surface area contributed by atoms with Crippen LogP contribution in [-0.4, -0.2) is 20.8 Å². The molecule has 1 aromatic carbocycles. The van der Waals surface area contributed by atoms with E-state index in [1.807, 2.05) is 0 Å². The van der Waals surface area contributed by atoms with Gasteiger partial charge in [-0.15, -0.1) is 5.10 Å². The van der Waals surface area contributed by atoms with Crippen LogP contribution in [0, 0.1) is 0 Å². The largest absolute Gasteiger partial charge is 0.294 e. The highest BCUT2D eigenvalue weighted by Crippen LogP contribution is 2.23. The fourth-order valence-electron chi connectivity index (χ4n) is 1.41. The number of halogens is 2. The Morgan fingerprint density at radius 2 is 2.29 bits per heavy atom. The summed E-state index contributed by atoms with van der Waals surface area (Å²) in [5.74, 6) is -0.0112. The topological polar surface area (TPSA) is 47.8 Å². The molecule has 0 aliphatic rings. The van der Waals surface area contributed by atoms with Crippen molar-refractivity contribution in [2.24, 2.45) is 7.05 Å². The minimum absolute atomic E-state index is 0.0112. The van der Waals surface area contributed by atoms with Gasteiger partial charge in [0.15, 0.2) is 5.78 Å². The monoisotopic (exact) mass is 313 g/mol. The van der Waals surface area contributed by atoms with Crippen LogP contribution >= 0.6 is 27.5 Å². The molecular formula is C11H9BrClN3O. The lowest BCUT2D eigenvalue weighted by Gasteiger charge is -2.01. The summed E-state index contributed by atoms with van der Waals surface area (Å²) in [5.41, 5.74) is 1.26. The van der Waals surface area contributed by atoms with Crippen LogP contribution in [0.25, 0.3) is 0 Å². The van der Waals surface area contributed by atoms with Gasteiger partial charge in [0.2, 0.25) is 0 Å². The SMILES string of the molecule is Cn1cc(CC(=O)c2ccc(Cl)c(Br)c2)nn1. The second-order valence-electron chi connectivity index (χ2n) is 3.61. The van der Waals surface area contributed by atoms with E-state index in [-0.39, 0.29) is 12.2 Å². The molecule has 6 heteroatoms. The second-order valence-corrected chi connectivity index (χ2v) is 4.87. The molecule has 0 saturated heterocycles. The first-order chi connectivity index (χ1) is 8.06. The number of Topliss-reactive ketones (excluding diaryl/α,β-unsaturated/α-hetero) is 1. The van der Waals surface area contributed by atoms with Crippen molar-refractivity contribution in [1.29, 1.82) is 0 Å². The standard InChI is InChI=1S/C11H9BrClN3O/c1-16-6-8(14-15-16)5-11(17)7-2-3-10(13)9(12)4-7/h2-4,6H,5H2,1H3. The lowest BCUT2D eigenvalue weighted by atomic mass is 10.1. The third-order valence-corrected chi connectivity index (χ3v) is 3.45. The molecule has 4 nitrogen and oxygen atoms in total. The molecular weight excluding hydrogens is 305 g/mol. The minimum Gasteiger partial charge on any atom is -0.294 e. The van der Waals surface area contributed by atoms with Gasteiger partial charge >= 0.3 is 0 Å². The van der Waals surface area contributed by atoms with Crippen LogP contribution in [0.15, 0.2) is 28.9 Å². The molecule has 0 radical (unpaired) electrons. The summed E-state index contributed by atoms with van der Waals surface area (Å²) >= 11 is 9.15. The molecule has 0 spiro atoms. The summed E-state index contributed by atoms with van der Waals surface area (Å²) in [6, 6.07) is 5.10. The lowest BCUT2D eigenvalue weighted by Crippen LogP contribution is -2.03. The molecule has 88 valence electrons. The summed E-state index contributed by atoms with van der Waals surface area (Å²) < 4.78 is 2.28. The Balaban J connectivity index is 2.17. The number of aromatic nitrogens is 3. The van der Waals surface area contributed by atoms with Crippen molar-refractivity contribution in [1.82, 2.24) is 15.0 Å². The first-order valence-corrected chi connectivity index (χ1v) is 6.07. The fourth-order valence-corrected chi connectivity index (χ4v) is 1.91. The number of nitrogens with zero attached hydrogens (tertiary/aromatic N) is 3. The number of hydrogen-bond donors (Lipinski definition) is 0. The molecule has 0 amide bonds. The van der Waals surface area contributed by atoms with E-state index < -0.39 is 0 Å². The van der Waals surface area contributed by atoms with Crippen molar-refractivity contribution in [3.05, 3.63) is 45.1 Å². The minimum atomic E-state index is -0.0112. The maximum atomic E-state index is 11.9. The number of hydrogen-bond acceptors (Lipinski definition) is 3. The average Bonchev–Trinajstić information content (AvgIpc) is 2.68. The van der Waals surface area contributed by atoms with Gasteiger partial charge in [0, 0.05) is 23.3 Å². The Kier molecular flexibility index (Phi) is 3.59. The van der Waals surface area contributed by atoms with Gasteiger partial charge in [0.05, 0.1) is 17.1 Å². The Morgan fingerprint density at radius 1 is 1.53 bits per heavy atom. The molecule has 0 N–H and O–H groups in total. The lowest BCUT2D eigenvalue weighted by molar-refractivity contribution is 0.0992. The molecule has 1 heterocycles. The number of carbonyl (C=O) groups is 1. The van der Waals surface area contributed by atoms with Crippen LogP contribution in [0.1, 0.15) is 16.1 Å². The highest BCUT2D eigenvalue weighted by atomic mass is 79.9. The average molecular weight is 315 g/mol. The first kappa shape index (κ1) is 12.3. The number of aryl methyl sites for hydroxylation is 1. The van der Waals surface area contributed by atoms with Crippen LogP contribution in [0.2, 0.25) is 5.02 Å². The van der Waals surface area contributed by atoms with Crippen LogP contribution in [0.3, 0.4) is 0 Å². The van der Waals surface area contributed by atoms with E-state index in [1.54, 1.807) is 36.1 Å². The smallest absolute Gasteiger partial charge is 0.168 e. The summed E-state index contributed by atoms with van der Waals surface area (Å²) in [6.45, 7) is 0.